The molecule has 0 radical (unpaired) electrons. The summed E-state index contributed by atoms with van der Waals surface area (Å²) in [4.78, 5) is 19.8. The average Bonchev–Trinajstić information content (AvgIpc) is 3.40. The van der Waals surface area contributed by atoms with E-state index in [2.05, 4.69) is 27.4 Å². The molecule has 6 nitrogen and oxygen atoms in total. The number of fused-ring (bicyclic) bond motifs is 1. The fourth-order valence-electron chi connectivity index (χ4n) is 3.36. The van der Waals surface area contributed by atoms with E-state index in [9.17, 15) is 9.90 Å². The monoisotopic (exact) mass is 375 g/mol. The van der Waals surface area contributed by atoms with Crippen LogP contribution in [0.25, 0.3) is 11.0 Å². The topological polar surface area (TPSA) is 91.2 Å². The summed E-state index contributed by atoms with van der Waals surface area (Å²) >= 11 is 0. The van der Waals surface area contributed by atoms with E-state index in [0.29, 0.717) is 17.9 Å². The second-order valence-corrected chi connectivity index (χ2v) is 6.60. The van der Waals surface area contributed by atoms with Crippen LogP contribution in [0.15, 0.2) is 71.3 Å². The van der Waals surface area contributed by atoms with Gasteiger partial charge < -0.3 is 19.8 Å². The summed E-state index contributed by atoms with van der Waals surface area (Å²) in [5, 5.41) is 12.2. The molecule has 1 unspecified atom stereocenters. The summed E-state index contributed by atoms with van der Waals surface area (Å²) in [6.07, 6.45) is 2.40. The number of furan rings is 1. The Bertz CT molecular complexity index is 1060. The minimum absolute atomic E-state index is 0.0821. The Morgan fingerprint density at radius 3 is 2.75 bits per heavy atom. The zero-order valence-electron chi connectivity index (χ0n) is 15.3. The minimum atomic E-state index is -0.163. The van der Waals surface area contributed by atoms with Gasteiger partial charge in [0.05, 0.1) is 17.3 Å². The summed E-state index contributed by atoms with van der Waals surface area (Å²) in [6.45, 7) is 0.353. The van der Waals surface area contributed by atoms with Crippen molar-refractivity contribution in [3.63, 3.8) is 0 Å². The van der Waals surface area contributed by atoms with Gasteiger partial charge in [-0.15, -0.1) is 0 Å². The van der Waals surface area contributed by atoms with Crippen LogP contribution in [0.2, 0.25) is 0 Å². The standard InChI is InChI=1S/C22H21N3O3/c26-14-21-24-18-9-8-16(13-19(18)25-21)22(27)23-11-10-17(20-7-4-12-28-20)15-5-2-1-3-6-15/h1-9,12-13,17,26H,10-11,14H2,(H,23,27)(H,24,25). The highest BCUT2D eigenvalue weighted by molar-refractivity contribution is 5.97. The van der Waals surface area contributed by atoms with Crippen LogP contribution in [-0.2, 0) is 6.61 Å². The molecule has 1 atom stereocenters. The number of hydrogen-bond donors (Lipinski definition) is 3. The van der Waals surface area contributed by atoms with Crippen LogP contribution < -0.4 is 5.32 Å². The first-order valence-corrected chi connectivity index (χ1v) is 9.20. The van der Waals surface area contributed by atoms with Gasteiger partial charge in [0.15, 0.2) is 0 Å². The number of aliphatic hydroxyl groups excluding tert-OH is 1. The predicted molar refractivity (Wildman–Crippen MR) is 106 cm³/mol. The first-order chi connectivity index (χ1) is 13.7. The molecule has 0 saturated carbocycles. The van der Waals surface area contributed by atoms with Crippen molar-refractivity contribution in [2.75, 3.05) is 6.54 Å². The normalized spacial score (nSPS) is 12.2. The van der Waals surface area contributed by atoms with Crippen LogP contribution in [-0.4, -0.2) is 27.5 Å². The predicted octanol–water partition coefficient (Wildman–Crippen LogP) is 3.60. The molecule has 4 aromatic rings. The molecule has 0 bridgehead atoms. The van der Waals surface area contributed by atoms with Gasteiger partial charge in [0, 0.05) is 18.0 Å². The van der Waals surface area contributed by atoms with Crippen molar-refractivity contribution in [2.45, 2.75) is 18.9 Å². The maximum absolute atomic E-state index is 12.6. The summed E-state index contributed by atoms with van der Waals surface area (Å²) in [7, 11) is 0. The van der Waals surface area contributed by atoms with Crippen molar-refractivity contribution < 1.29 is 14.3 Å². The van der Waals surface area contributed by atoms with Gasteiger partial charge in [-0.2, -0.15) is 0 Å². The third-order valence-electron chi connectivity index (χ3n) is 4.75. The lowest BCUT2D eigenvalue weighted by Crippen LogP contribution is -2.25. The van der Waals surface area contributed by atoms with Crippen LogP contribution in [0.3, 0.4) is 0 Å². The van der Waals surface area contributed by atoms with Crippen LogP contribution in [0.5, 0.6) is 0 Å². The highest BCUT2D eigenvalue weighted by atomic mass is 16.3. The number of imidazole rings is 1. The van der Waals surface area contributed by atoms with Gasteiger partial charge in [0.2, 0.25) is 0 Å². The number of hydrogen-bond acceptors (Lipinski definition) is 4. The quantitative estimate of drug-likeness (QED) is 0.460. The zero-order valence-corrected chi connectivity index (χ0v) is 15.3. The number of H-pyrrole nitrogens is 1. The van der Waals surface area contributed by atoms with Crippen molar-refractivity contribution >= 4 is 16.9 Å². The lowest BCUT2D eigenvalue weighted by Gasteiger charge is -2.15. The van der Waals surface area contributed by atoms with E-state index in [0.717, 1.165) is 28.8 Å². The Morgan fingerprint density at radius 1 is 1.14 bits per heavy atom. The fourth-order valence-corrected chi connectivity index (χ4v) is 3.36. The van der Waals surface area contributed by atoms with E-state index in [1.165, 1.54) is 0 Å². The van der Waals surface area contributed by atoms with E-state index in [-0.39, 0.29) is 18.4 Å². The largest absolute Gasteiger partial charge is 0.469 e. The molecule has 0 aliphatic heterocycles. The lowest BCUT2D eigenvalue weighted by molar-refractivity contribution is 0.0952. The number of benzene rings is 2. The van der Waals surface area contributed by atoms with Crippen LogP contribution in [0.1, 0.15) is 39.8 Å². The zero-order chi connectivity index (χ0) is 19.3. The van der Waals surface area contributed by atoms with Gasteiger partial charge in [-0.05, 0) is 42.3 Å². The Kier molecular flexibility index (Phi) is 5.21. The van der Waals surface area contributed by atoms with Crippen molar-refractivity contribution in [2.24, 2.45) is 0 Å². The Morgan fingerprint density at radius 2 is 2.00 bits per heavy atom. The SMILES string of the molecule is O=C(NCCC(c1ccccc1)c1ccco1)c1ccc2nc(CO)[nH]c2c1. The van der Waals surface area contributed by atoms with Gasteiger partial charge in [0.1, 0.15) is 18.2 Å². The molecular weight excluding hydrogens is 354 g/mol. The van der Waals surface area contributed by atoms with Crippen molar-refractivity contribution in [1.29, 1.82) is 0 Å². The van der Waals surface area contributed by atoms with Crippen molar-refractivity contribution in [3.8, 4) is 0 Å². The molecule has 6 heteroatoms. The van der Waals surface area contributed by atoms with Crippen LogP contribution in [0, 0.1) is 0 Å². The maximum Gasteiger partial charge on any atom is 0.251 e. The molecule has 2 aromatic carbocycles. The molecule has 2 heterocycles. The molecular formula is C22H21N3O3. The van der Waals surface area contributed by atoms with E-state index in [1.807, 2.05) is 30.3 Å². The second-order valence-electron chi connectivity index (χ2n) is 6.60. The molecule has 0 saturated heterocycles. The lowest BCUT2D eigenvalue weighted by atomic mass is 9.93. The van der Waals surface area contributed by atoms with Crippen LogP contribution >= 0.6 is 0 Å². The number of nitrogens with zero attached hydrogens (tertiary/aromatic N) is 1. The Balaban J connectivity index is 1.43. The number of aromatic nitrogens is 2. The molecule has 0 spiro atoms. The van der Waals surface area contributed by atoms with Gasteiger partial charge in [-0.3, -0.25) is 4.79 Å². The molecule has 0 aliphatic rings. The molecule has 3 N–H and O–H groups in total. The molecule has 1 amide bonds. The summed E-state index contributed by atoms with van der Waals surface area (Å²) < 4.78 is 5.61. The van der Waals surface area contributed by atoms with E-state index in [1.54, 1.807) is 24.5 Å². The molecule has 0 fully saturated rings. The number of carbonyl (C=O) groups excluding carboxylic acids is 1. The first kappa shape index (κ1) is 18.0. The summed E-state index contributed by atoms with van der Waals surface area (Å²) in [6, 6.07) is 19.2. The smallest absolute Gasteiger partial charge is 0.251 e. The van der Waals surface area contributed by atoms with Crippen molar-refractivity contribution in [3.05, 3.63) is 89.6 Å². The van der Waals surface area contributed by atoms with E-state index >= 15 is 0 Å². The minimum Gasteiger partial charge on any atom is -0.469 e. The fraction of sp³-hybridized carbons (Fsp3) is 0.182. The highest BCUT2D eigenvalue weighted by Gasteiger charge is 2.17. The first-order valence-electron chi connectivity index (χ1n) is 9.20. The van der Waals surface area contributed by atoms with Gasteiger partial charge in [-0.25, -0.2) is 4.98 Å². The highest BCUT2D eigenvalue weighted by Crippen LogP contribution is 2.27. The average molecular weight is 375 g/mol. The summed E-state index contributed by atoms with van der Waals surface area (Å²) in [5.41, 5.74) is 3.16. The number of aromatic amines is 1. The Hall–Kier alpha value is -3.38. The number of amides is 1. The van der Waals surface area contributed by atoms with Gasteiger partial charge in [0.25, 0.3) is 5.91 Å². The molecule has 28 heavy (non-hydrogen) atoms. The second kappa shape index (κ2) is 8.10. The molecule has 0 aliphatic carbocycles. The van der Waals surface area contributed by atoms with Gasteiger partial charge in [-0.1, -0.05) is 30.3 Å². The third kappa shape index (κ3) is 3.82. The molecule has 4 rings (SSSR count). The number of rotatable bonds is 7. The van der Waals surface area contributed by atoms with Crippen LogP contribution in [0.4, 0.5) is 0 Å². The van der Waals surface area contributed by atoms with E-state index < -0.39 is 0 Å². The number of nitrogens with one attached hydrogen (secondary N) is 2. The summed E-state index contributed by atoms with van der Waals surface area (Å²) in [5.74, 6) is 1.31. The number of aliphatic hydroxyl groups is 1. The third-order valence-corrected chi connectivity index (χ3v) is 4.75. The van der Waals surface area contributed by atoms with Gasteiger partial charge >= 0.3 is 0 Å². The van der Waals surface area contributed by atoms with E-state index in [4.69, 9.17) is 4.42 Å². The number of carbonyl (C=O) groups is 1. The maximum atomic E-state index is 12.6. The van der Waals surface area contributed by atoms with Crippen molar-refractivity contribution in [1.82, 2.24) is 15.3 Å². The Labute approximate surface area is 162 Å². The molecule has 142 valence electrons. The molecule has 2 aromatic heterocycles.